The fraction of sp³-hybridized carbons (Fsp3) is 0.411. The highest BCUT2D eigenvalue weighted by molar-refractivity contribution is 6.14. The van der Waals surface area contributed by atoms with Gasteiger partial charge in [-0.25, -0.2) is 13.8 Å². The van der Waals surface area contributed by atoms with E-state index in [1.54, 1.807) is 18.2 Å². The van der Waals surface area contributed by atoms with Gasteiger partial charge in [-0.05, 0) is 123 Å². The maximum atomic E-state index is 14.1. The van der Waals surface area contributed by atoms with Crippen molar-refractivity contribution in [2.24, 2.45) is 16.3 Å². The lowest BCUT2D eigenvalue weighted by Crippen LogP contribution is -2.62. The largest absolute Gasteiger partial charge is 0.508 e. The number of alkyl halides is 3. The second-order valence-electron chi connectivity index (χ2n) is 20.0. The van der Waals surface area contributed by atoms with Crippen molar-refractivity contribution in [3.05, 3.63) is 161 Å². The van der Waals surface area contributed by atoms with Crippen molar-refractivity contribution in [1.29, 1.82) is 0 Å². The van der Waals surface area contributed by atoms with Gasteiger partial charge in [-0.3, -0.25) is 24.3 Å². The molecule has 0 unspecified atom stereocenters. The molecule has 1 aromatic heterocycles. The first-order valence-corrected chi connectivity index (χ1v) is 25.0. The molecule has 74 heavy (non-hydrogen) atoms. The number of pyridine rings is 1. The predicted molar refractivity (Wildman–Crippen MR) is 268 cm³/mol. The van der Waals surface area contributed by atoms with Gasteiger partial charge >= 0.3 is 6.18 Å². The number of rotatable bonds is 16. The Morgan fingerprint density at radius 3 is 2.34 bits per heavy atom. The number of aryl methyl sites for hydroxylation is 1. The van der Waals surface area contributed by atoms with Crippen molar-refractivity contribution in [3.63, 3.8) is 0 Å². The fourth-order valence-electron chi connectivity index (χ4n) is 10.3. The highest BCUT2D eigenvalue weighted by Gasteiger charge is 2.56. The molecule has 0 spiro atoms. The molecule has 3 amide bonds. The number of likely N-dealkylation sites (tertiary alicyclic amines) is 2. The van der Waals surface area contributed by atoms with Crippen molar-refractivity contribution in [2.45, 2.75) is 88.6 Å². The molecule has 392 valence electrons. The number of carbonyl (C=O) groups is 3. The van der Waals surface area contributed by atoms with Gasteiger partial charge in [0.25, 0.3) is 5.91 Å². The summed E-state index contributed by atoms with van der Waals surface area (Å²) >= 11 is 0. The molecule has 3 aliphatic heterocycles. The van der Waals surface area contributed by atoms with Crippen LogP contribution >= 0.6 is 0 Å². The smallest absolute Gasteiger partial charge is 0.408 e. The minimum Gasteiger partial charge on any atom is -0.508 e. The van der Waals surface area contributed by atoms with Crippen molar-refractivity contribution in [2.75, 3.05) is 52.5 Å². The van der Waals surface area contributed by atoms with Gasteiger partial charge in [-0.15, -0.1) is 0 Å². The van der Waals surface area contributed by atoms with Crippen LogP contribution in [0, 0.1) is 17.0 Å². The predicted octanol–water partition coefficient (Wildman–Crippen LogP) is 8.05. The third kappa shape index (κ3) is 13.1. The quantitative estimate of drug-likeness (QED) is 0.0831. The number of piperidine rings is 1. The summed E-state index contributed by atoms with van der Waals surface area (Å²) in [6, 6.07) is 31.9. The molecule has 18 heteroatoms. The molecule has 0 saturated carbocycles. The monoisotopic (exact) mass is 1020 g/mol. The molecule has 13 nitrogen and oxygen atoms in total. The number of nitrogens with one attached hydrogen (secondary N) is 1. The van der Waals surface area contributed by atoms with Gasteiger partial charge in [0.2, 0.25) is 11.8 Å². The summed E-state index contributed by atoms with van der Waals surface area (Å²) in [6.07, 6.45) is 1.36. The van der Waals surface area contributed by atoms with Crippen LogP contribution in [0.25, 0.3) is 0 Å². The van der Waals surface area contributed by atoms with E-state index in [-0.39, 0.29) is 49.7 Å². The van der Waals surface area contributed by atoms with E-state index < -0.39 is 65.7 Å². The number of hydrogen-bond donors (Lipinski definition) is 3. The number of amides is 3. The molecule has 4 aromatic carbocycles. The molecule has 0 bridgehead atoms. The molecule has 0 radical (unpaired) electrons. The van der Waals surface area contributed by atoms with E-state index in [1.807, 2.05) is 12.1 Å². The number of aromatic hydroxyl groups is 1. The third-order valence-electron chi connectivity index (χ3n) is 14.0. The molecule has 5 aromatic rings. The Kier molecular flexibility index (Phi) is 16.8. The number of hydrazone groups is 1. The number of nitrogens with two attached hydrogens (primary N) is 1. The lowest BCUT2D eigenvalue weighted by atomic mass is 9.69. The van der Waals surface area contributed by atoms with Gasteiger partial charge in [-0.2, -0.15) is 18.3 Å². The van der Waals surface area contributed by atoms with Crippen LogP contribution in [0.4, 0.5) is 22.0 Å². The molecule has 1 aliphatic carbocycles. The van der Waals surface area contributed by atoms with Crippen LogP contribution in [-0.4, -0.2) is 119 Å². The fourth-order valence-corrected chi connectivity index (χ4v) is 10.3. The maximum absolute atomic E-state index is 14.1. The van der Waals surface area contributed by atoms with Crippen LogP contribution in [0.1, 0.15) is 84.9 Å². The normalized spacial score (nSPS) is 20.2. The van der Waals surface area contributed by atoms with Gasteiger partial charge in [0.15, 0.2) is 0 Å². The van der Waals surface area contributed by atoms with Crippen LogP contribution in [0.5, 0.6) is 11.5 Å². The van der Waals surface area contributed by atoms with Gasteiger partial charge in [-0.1, -0.05) is 60.7 Å². The molecule has 4 aliphatic rings. The number of hydrogen-bond acceptors (Lipinski definition) is 10. The number of carbonyl (C=O) groups excluding carboxylic acids is 3. The number of fused-ring (bicyclic) bond motifs is 2. The number of nitrogens with zero attached hydrogens (tertiary/aromatic N) is 5. The summed E-state index contributed by atoms with van der Waals surface area (Å²) in [4.78, 5) is 48.1. The number of aromatic nitrogens is 1. The molecule has 9 rings (SSSR count). The second kappa shape index (κ2) is 23.2. The standard InChI is InChI=1S/C28H31F5N6O4.C28H31NO2/c1-26(2,34)24(41)36-21(14-43-13-17-6-7-18(29)11-20(17)30)23(40)38-10-8-22-27(15-38,12-19-5-3-4-9-35-19)25(42)39(37-22)16-28(31,32)33;30-24-11-15-27-23(20-24)10-14-26(21-6-2-1-3-7-21)28(27)22-8-12-25(13-9-22)31-19-18-29-16-4-5-17-29/h3-7,9,11,21H,8,10,12-16,34H2,1-2H3,(H,36,41);1-3,6-9,11-13,15,20,26,28,30H,4-5,10,14,16-19H2/t21-,27-;26-,28+/m11/s1. The number of ether oxygens (including phenoxy) is 2. The number of phenolic OH excluding ortho intramolecular Hbond substituents is 1. The van der Waals surface area contributed by atoms with E-state index in [0.29, 0.717) is 28.4 Å². The summed E-state index contributed by atoms with van der Waals surface area (Å²) in [5.41, 5.74) is 8.79. The van der Waals surface area contributed by atoms with Gasteiger partial charge in [0.05, 0.1) is 24.5 Å². The summed E-state index contributed by atoms with van der Waals surface area (Å²) in [5, 5.41) is 16.9. The van der Waals surface area contributed by atoms with Crippen LogP contribution < -0.4 is 15.8 Å². The summed E-state index contributed by atoms with van der Waals surface area (Å²) < 4.78 is 78.8. The maximum Gasteiger partial charge on any atom is 0.408 e. The first kappa shape index (κ1) is 53.5. The third-order valence-corrected chi connectivity index (χ3v) is 14.0. The minimum atomic E-state index is -4.71. The van der Waals surface area contributed by atoms with Crippen molar-refractivity contribution in [3.8, 4) is 11.5 Å². The van der Waals surface area contributed by atoms with E-state index in [9.17, 15) is 41.4 Å². The van der Waals surface area contributed by atoms with Gasteiger partial charge < -0.3 is 30.5 Å². The molecule has 2 fully saturated rings. The van der Waals surface area contributed by atoms with Gasteiger partial charge in [0.1, 0.15) is 47.7 Å². The van der Waals surface area contributed by atoms with Crippen LogP contribution in [-0.2, 0) is 38.6 Å². The zero-order chi connectivity index (χ0) is 52.6. The van der Waals surface area contributed by atoms with Crippen molar-refractivity contribution in [1.82, 2.24) is 25.1 Å². The lowest BCUT2D eigenvalue weighted by Gasteiger charge is -2.40. The van der Waals surface area contributed by atoms with Crippen LogP contribution in [0.2, 0.25) is 0 Å². The topological polar surface area (TPSA) is 163 Å². The van der Waals surface area contributed by atoms with E-state index in [4.69, 9.17) is 15.2 Å². The van der Waals surface area contributed by atoms with E-state index in [2.05, 4.69) is 81.0 Å². The second-order valence-corrected chi connectivity index (χ2v) is 20.0. The van der Waals surface area contributed by atoms with E-state index in [0.717, 1.165) is 37.8 Å². The number of benzene rings is 4. The van der Waals surface area contributed by atoms with Crippen LogP contribution in [0.15, 0.2) is 120 Å². The average molecular weight is 1020 g/mol. The zero-order valence-electron chi connectivity index (χ0n) is 41.5. The van der Waals surface area contributed by atoms with Gasteiger partial charge in [0, 0.05) is 61.9 Å². The number of halogens is 5. The van der Waals surface area contributed by atoms with Crippen molar-refractivity contribution >= 4 is 23.4 Å². The van der Waals surface area contributed by atoms with E-state index >= 15 is 0 Å². The Morgan fingerprint density at radius 1 is 0.905 bits per heavy atom. The van der Waals surface area contributed by atoms with Crippen LogP contribution in [0.3, 0.4) is 0 Å². The first-order chi connectivity index (χ1) is 35.4. The van der Waals surface area contributed by atoms with Crippen molar-refractivity contribution < 1.29 is 50.9 Å². The molecule has 4 atom stereocenters. The molecular weight excluding hydrogens is 962 g/mol. The Labute approximate surface area is 427 Å². The zero-order valence-corrected chi connectivity index (χ0v) is 41.5. The highest BCUT2D eigenvalue weighted by atomic mass is 19.4. The molecule has 4 N–H and O–H groups in total. The summed E-state index contributed by atoms with van der Waals surface area (Å²) in [6.45, 7) is 4.26. The minimum absolute atomic E-state index is 0.00697. The summed E-state index contributed by atoms with van der Waals surface area (Å²) in [5.74, 6) is -1.96. The Morgan fingerprint density at radius 2 is 1.65 bits per heavy atom. The summed E-state index contributed by atoms with van der Waals surface area (Å²) in [7, 11) is 0. The Hall–Kier alpha value is -6.76. The molecule has 4 heterocycles. The Balaban J connectivity index is 0.000000207. The first-order valence-electron chi connectivity index (χ1n) is 25.0. The highest BCUT2D eigenvalue weighted by Crippen LogP contribution is 2.47. The number of phenols is 1. The average Bonchev–Trinajstić information content (AvgIpc) is 3.99. The van der Waals surface area contributed by atoms with E-state index in [1.165, 1.54) is 79.2 Å². The molecular formula is C56H62F5N7O6. The SMILES string of the molecule is CC(C)(N)C(=O)N[C@H](COCc1ccc(F)cc1F)C(=O)N1CCC2=NN(CC(F)(F)F)C(=O)[C@]2(Cc2ccccn2)C1.Oc1ccc2c(c1)CC[C@H](c1ccccc1)[C@@H]2c1ccc(OCCN2CCCC2)cc1. The molecule has 2 saturated heterocycles. The Bertz CT molecular complexity index is 2770. The lowest BCUT2D eigenvalue weighted by molar-refractivity contribution is -0.164.